The zero-order chi connectivity index (χ0) is 26.3. The van der Waals surface area contributed by atoms with E-state index in [9.17, 15) is 4.57 Å². The van der Waals surface area contributed by atoms with Gasteiger partial charge in [-0.2, -0.15) is 0 Å². The molecule has 1 radical (unpaired) electrons. The molecule has 0 fully saturated rings. The van der Waals surface area contributed by atoms with Crippen LogP contribution in [-0.2, 0) is 30.7 Å². The normalized spacial score (nSPS) is 13.3. The molecule has 4 nitrogen and oxygen atoms in total. The van der Waals surface area contributed by atoms with E-state index >= 15 is 0 Å². The molecule has 0 heterocycles. The second-order valence-corrected chi connectivity index (χ2v) is 14.9. The van der Waals surface area contributed by atoms with Crippen molar-refractivity contribution in [3.63, 3.8) is 0 Å². The Morgan fingerprint density at radius 3 is 1.11 bits per heavy atom. The van der Waals surface area contributed by atoms with Crippen LogP contribution in [0.15, 0.2) is 36.4 Å². The van der Waals surface area contributed by atoms with Crippen molar-refractivity contribution >= 4 is 26.7 Å². The fraction of sp³-hybridized carbons (Fsp3) is 0.586. The molecule has 6 heteroatoms. The van der Waals surface area contributed by atoms with Gasteiger partial charge in [0.15, 0.2) is 0 Å². The van der Waals surface area contributed by atoms with Crippen LogP contribution in [0.25, 0.3) is 0 Å². The minimum atomic E-state index is -3.95. The molecule has 0 saturated carbocycles. The van der Waals surface area contributed by atoms with Gasteiger partial charge in [0.25, 0.3) is 0 Å². The van der Waals surface area contributed by atoms with E-state index < -0.39 is 7.82 Å². The van der Waals surface area contributed by atoms with E-state index in [4.69, 9.17) is 13.6 Å². The molecule has 0 N–H and O–H groups in total. The van der Waals surface area contributed by atoms with Gasteiger partial charge in [-0.05, 0) is 44.9 Å². The van der Waals surface area contributed by atoms with Gasteiger partial charge in [-0.15, -0.1) is 0 Å². The first-order valence-corrected chi connectivity index (χ1v) is 13.5. The molecule has 0 amide bonds. The van der Waals surface area contributed by atoms with Crippen molar-refractivity contribution in [2.24, 2.45) is 0 Å². The Hall–Kier alpha value is -1.17. The van der Waals surface area contributed by atoms with Crippen LogP contribution in [-0.4, -0.2) is 26.0 Å². The van der Waals surface area contributed by atoms with Crippen molar-refractivity contribution in [2.75, 3.05) is 7.11 Å². The molecule has 0 aliphatic rings. The molecule has 0 atom stereocenters. The summed E-state index contributed by atoms with van der Waals surface area (Å²) < 4.78 is 31.3. The Morgan fingerprint density at radius 1 is 0.571 bits per heavy atom. The zero-order valence-corrected chi connectivity index (χ0v) is 25.4. The minimum Gasteiger partial charge on any atom is -0.395 e. The first-order chi connectivity index (χ1) is 15.2. The van der Waals surface area contributed by atoms with Gasteiger partial charge < -0.3 is 9.05 Å². The first kappa shape index (κ1) is 31.9. The summed E-state index contributed by atoms with van der Waals surface area (Å²) in [5, 5.41) is 0. The number of benzene rings is 2. The van der Waals surface area contributed by atoms with Crippen LogP contribution in [0.4, 0.5) is 0 Å². The van der Waals surface area contributed by atoms with Crippen LogP contribution >= 0.6 is 7.82 Å². The summed E-state index contributed by atoms with van der Waals surface area (Å²) in [5.74, 6) is 1.02. The topological polar surface area (TPSA) is 44.8 Å². The Bertz CT molecular complexity index is 983. The first-order valence-electron chi connectivity index (χ1n) is 12.0. The standard InChI is InChI=1S/C29H45O4P.Li/c1-26(2,3)20-14-16-24(22(18-20)28(7,8)9)32-34(30,31-13)33-25-17-15-21(27(4,5)6)19-23(25)29(10,11)12;/h14-19H,1-13H3;. The van der Waals surface area contributed by atoms with E-state index in [1.54, 1.807) is 0 Å². The van der Waals surface area contributed by atoms with Gasteiger partial charge in [-0.1, -0.05) is 107 Å². The second-order valence-electron chi connectivity index (χ2n) is 13.2. The third kappa shape index (κ3) is 8.16. The minimum absolute atomic E-state index is 0. The Labute approximate surface area is 226 Å². The second kappa shape index (κ2) is 10.7. The molecule has 191 valence electrons. The van der Waals surface area contributed by atoms with Gasteiger partial charge in [-0.25, -0.2) is 4.57 Å². The molecule has 0 unspecified atom stereocenters. The van der Waals surface area contributed by atoms with Crippen molar-refractivity contribution < 1.29 is 18.1 Å². The monoisotopic (exact) mass is 495 g/mol. The van der Waals surface area contributed by atoms with Crippen LogP contribution in [0.2, 0.25) is 0 Å². The molecule has 0 spiro atoms. The quantitative estimate of drug-likeness (QED) is 0.307. The predicted molar refractivity (Wildman–Crippen MR) is 149 cm³/mol. The number of phosphoric acid groups is 1. The fourth-order valence-corrected chi connectivity index (χ4v) is 4.65. The van der Waals surface area contributed by atoms with Crippen LogP contribution in [0, 0.1) is 0 Å². The average Bonchev–Trinajstić information content (AvgIpc) is 2.65. The summed E-state index contributed by atoms with van der Waals surface area (Å²) in [6, 6.07) is 12.1. The fourth-order valence-electron chi connectivity index (χ4n) is 3.66. The van der Waals surface area contributed by atoms with Crippen molar-refractivity contribution in [1.29, 1.82) is 0 Å². The summed E-state index contributed by atoms with van der Waals surface area (Å²) in [6.07, 6.45) is 0. The Balaban J connectivity index is 0.00000612. The molecule has 2 aromatic carbocycles. The number of hydrogen-bond donors (Lipinski definition) is 0. The average molecular weight is 496 g/mol. The maximum Gasteiger partial charge on any atom is 0.587 e. The molecule has 0 aromatic heterocycles. The van der Waals surface area contributed by atoms with Crippen LogP contribution in [0.3, 0.4) is 0 Å². The van der Waals surface area contributed by atoms with Gasteiger partial charge in [0.05, 0.1) is 0 Å². The predicted octanol–water partition coefficient (Wildman–Crippen LogP) is 8.71. The van der Waals surface area contributed by atoms with Gasteiger partial charge >= 0.3 is 7.82 Å². The maximum atomic E-state index is 13.8. The third-order valence-corrected chi connectivity index (χ3v) is 7.24. The van der Waals surface area contributed by atoms with Crippen LogP contribution in [0.5, 0.6) is 11.5 Å². The van der Waals surface area contributed by atoms with Crippen molar-refractivity contribution in [3.05, 3.63) is 58.7 Å². The molecule has 0 aliphatic heterocycles. The van der Waals surface area contributed by atoms with Crippen molar-refractivity contribution in [3.8, 4) is 11.5 Å². The van der Waals surface area contributed by atoms with E-state index in [-0.39, 0.29) is 40.5 Å². The largest absolute Gasteiger partial charge is 0.587 e. The van der Waals surface area contributed by atoms with E-state index in [2.05, 4.69) is 95.2 Å². The number of hydrogen-bond acceptors (Lipinski definition) is 4. The van der Waals surface area contributed by atoms with E-state index in [1.807, 2.05) is 24.3 Å². The molecule has 35 heavy (non-hydrogen) atoms. The van der Waals surface area contributed by atoms with Gasteiger partial charge in [0, 0.05) is 37.1 Å². The van der Waals surface area contributed by atoms with Gasteiger partial charge in [0.1, 0.15) is 11.5 Å². The van der Waals surface area contributed by atoms with Crippen molar-refractivity contribution in [1.82, 2.24) is 0 Å². The molecular formula is C29H45LiO4P. The van der Waals surface area contributed by atoms with Gasteiger partial charge in [-0.3, -0.25) is 4.52 Å². The molecule has 0 aliphatic carbocycles. The van der Waals surface area contributed by atoms with E-state index in [0.29, 0.717) is 11.5 Å². The van der Waals surface area contributed by atoms with Crippen LogP contribution in [0.1, 0.15) is 105 Å². The van der Waals surface area contributed by atoms with Gasteiger partial charge in [0.2, 0.25) is 0 Å². The summed E-state index contributed by atoms with van der Waals surface area (Å²) >= 11 is 0. The number of phosphoric ester groups is 1. The number of rotatable bonds is 5. The molecular weight excluding hydrogens is 450 g/mol. The Kier molecular flexibility index (Phi) is 9.71. The summed E-state index contributed by atoms with van der Waals surface area (Å²) in [5.41, 5.74) is 3.81. The SMILES string of the molecule is COP(=O)(Oc1ccc(C(C)(C)C)cc1C(C)(C)C)Oc1ccc(C(C)(C)C)cc1C(C)(C)C.[Li]. The Morgan fingerprint density at radius 2 is 0.886 bits per heavy atom. The zero-order valence-electron chi connectivity index (χ0n) is 24.5. The smallest absolute Gasteiger partial charge is 0.395 e. The molecule has 0 saturated heterocycles. The molecule has 2 rings (SSSR count). The van der Waals surface area contributed by atoms with E-state index in [1.165, 1.54) is 18.2 Å². The van der Waals surface area contributed by atoms with Crippen LogP contribution < -0.4 is 9.05 Å². The van der Waals surface area contributed by atoms with Crippen molar-refractivity contribution in [2.45, 2.75) is 105 Å². The third-order valence-electron chi connectivity index (χ3n) is 5.95. The summed E-state index contributed by atoms with van der Waals surface area (Å²) in [4.78, 5) is 0. The molecule has 0 bridgehead atoms. The molecule has 2 aromatic rings. The maximum absolute atomic E-state index is 13.8. The summed E-state index contributed by atoms with van der Waals surface area (Å²) in [6.45, 7) is 25.7. The van der Waals surface area contributed by atoms with E-state index in [0.717, 1.165) is 11.1 Å². The summed E-state index contributed by atoms with van der Waals surface area (Å²) in [7, 11) is -2.59.